The van der Waals surface area contributed by atoms with Gasteiger partial charge in [0.1, 0.15) is 72.8 Å². The van der Waals surface area contributed by atoms with Crippen molar-refractivity contribution in [3.8, 4) is 23.0 Å². The predicted octanol–water partition coefficient (Wildman–Crippen LogP) is 1.93. The van der Waals surface area contributed by atoms with E-state index in [0.717, 1.165) is 0 Å². The summed E-state index contributed by atoms with van der Waals surface area (Å²) in [5.41, 5.74) is -2.57. The van der Waals surface area contributed by atoms with Gasteiger partial charge < -0.3 is 117 Å². The first kappa shape index (κ1) is 76.3. The maximum atomic E-state index is 13.2. The van der Waals surface area contributed by atoms with Gasteiger partial charge in [0.25, 0.3) is 32.6 Å². The van der Waals surface area contributed by atoms with E-state index in [4.69, 9.17) is 85.3 Å². The third-order valence-electron chi connectivity index (χ3n) is 15.0. The number of anilines is 8. The van der Waals surface area contributed by atoms with Crippen molar-refractivity contribution in [2.75, 3.05) is 270 Å². The van der Waals surface area contributed by atoms with Gasteiger partial charge in [-0.3, -0.25) is 33.7 Å². The van der Waals surface area contributed by atoms with Gasteiger partial charge in [-0.05, 0) is 43.3 Å². The third kappa shape index (κ3) is 25.1. The van der Waals surface area contributed by atoms with Gasteiger partial charge in [0.15, 0.2) is 23.0 Å². The molecule has 1 aliphatic carbocycles. The average molecular weight is 1380 g/mol. The van der Waals surface area contributed by atoms with Crippen LogP contribution < -0.4 is 83.4 Å². The van der Waals surface area contributed by atoms with Crippen molar-refractivity contribution in [3.05, 3.63) is 122 Å². The maximum Gasteiger partial charge on any atom is 0.253 e. The molecule has 6 N–H and O–H groups in total. The number of hydrogen-bond donors (Lipinski definition) is 6. The Labute approximate surface area is 567 Å². The Balaban J connectivity index is 0.910. The summed E-state index contributed by atoms with van der Waals surface area (Å²) in [5.74, 6) is 1.58. The molecule has 0 amide bonds. The summed E-state index contributed by atoms with van der Waals surface area (Å²) < 4.78 is 103. The quantitative estimate of drug-likeness (QED) is 0.0258. The number of allylic oxidation sites excluding steroid dienone is 1. The Kier molecular flexibility index (Phi) is 34.2. The fourth-order valence-corrected chi connectivity index (χ4v) is 9.96. The van der Waals surface area contributed by atoms with E-state index >= 15 is 0 Å². The number of ether oxygens (including phenoxy) is 18. The number of methoxy groups -OCH3 is 1. The lowest BCUT2D eigenvalue weighted by Crippen LogP contribution is -2.42. The third-order valence-corrected chi connectivity index (χ3v) is 15.0. The van der Waals surface area contributed by atoms with Gasteiger partial charge >= 0.3 is 0 Å². The molecule has 8 rings (SSSR count). The highest BCUT2D eigenvalue weighted by Gasteiger charge is 2.28. The minimum absolute atomic E-state index is 0.0418. The molecule has 5 aromatic carbocycles. The van der Waals surface area contributed by atoms with Gasteiger partial charge in [-0.1, -0.05) is 6.08 Å². The van der Waals surface area contributed by atoms with Crippen LogP contribution >= 0.6 is 0 Å². The van der Waals surface area contributed by atoms with Crippen LogP contribution in [0.15, 0.2) is 89.1 Å². The summed E-state index contributed by atoms with van der Waals surface area (Å²) in [6.07, 6.45) is 4.38. The molecule has 0 fully saturated rings. The fourth-order valence-electron chi connectivity index (χ4n) is 9.96. The van der Waals surface area contributed by atoms with Crippen LogP contribution in [0.3, 0.4) is 0 Å². The van der Waals surface area contributed by atoms with Crippen LogP contribution in [0.4, 0.5) is 45.5 Å². The Hall–Kier alpha value is -7.44. The van der Waals surface area contributed by atoms with Crippen molar-refractivity contribution in [1.82, 2.24) is 4.90 Å². The molecular weight excluding hydrogens is 1290 g/mol. The summed E-state index contributed by atoms with van der Waals surface area (Å²) in [4.78, 5) is 81.2. The lowest BCUT2D eigenvalue weighted by atomic mass is 10.0. The van der Waals surface area contributed by atoms with Crippen LogP contribution in [-0.2, 0) is 66.3 Å². The van der Waals surface area contributed by atoms with E-state index in [2.05, 4.69) is 31.9 Å². The van der Waals surface area contributed by atoms with Gasteiger partial charge in [0, 0.05) is 82.2 Å². The van der Waals surface area contributed by atoms with E-state index in [-0.39, 0.29) is 126 Å². The Bertz CT molecular complexity index is 3280. The van der Waals surface area contributed by atoms with Crippen molar-refractivity contribution >= 4 is 45.5 Å². The first-order valence-electron chi connectivity index (χ1n) is 33.1. The van der Waals surface area contributed by atoms with Gasteiger partial charge in [0.05, 0.1) is 159 Å². The predicted molar refractivity (Wildman–Crippen MR) is 364 cm³/mol. The molecule has 2 heterocycles. The van der Waals surface area contributed by atoms with Crippen LogP contribution in [0, 0.1) is 0 Å². The molecule has 3 aliphatic rings. The molecule has 0 bridgehead atoms. The van der Waals surface area contributed by atoms with Gasteiger partial charge in [-0.15, -0.1) is 0 Å². The summed E-state index contributed by atoms with van der Waals surface area (Å²) in [6, 6.07) is 10.1. The van der Waals surface area contributed by atoms with Crippen molar-refractivity contribution in [2.24, 2.45) is 0 Å². The number of nitrogens with zero attached hydrogens (tertiary/aromatic N) is 1. The topological polar surface area (TPSA) is 344 Å². The normalized spacial score (nSPS) is 17.9. The number of hydrogen-bond acceptors (Lipinski definition) is 31. The van der Waals surface area contributed by atoms with Gasteiger partial charge in [0.2, 0.25) is 0 Å². The summed E-state index contributed by atoms with van der Waals surface area (Å²) in [5, 5.41) is 18.7. The zero-order valence-corrected chi connectivity index (χ0v) is 55.8. The molecule has 540 valence electrons. The Morgan fingerprint density at radius 1 is 0.388 bits per heavy atom. The van der Waals surface area contributed by atoms with Crippen LogP contribution in [0.2, 0.25) is 0 Å². The zero-order valence-electron chi connectivity index (χ0n) is 55.8. The molecule has 0 saturated heterocycles. The molecule has 0 radical (unpaired) electrons. The molecular formula is C67H93N7O24. The van der Waals surface area contributed by atoms with Crippen molar-refractivity contribution in [2.45, 2.75) is 19.1 Å². The highest BCUT2D eigenvalue weighted by molar-refractivity contribution is 5.81. The van der Waals surface area contributed by atoms with Crippen LogP contribution in [0.1, 0.15) is 6.92 Å². The summed E-state index contributed by atoms with van der Waals surface area (Å²) >= 11 is 0. The molecule has 98 heavy (non-hydrogen) atoms. The van der Waals surface area contributed by atoms with E-state index in [1.807, 2.05) is 17.9 Å². The van der Waals surface area contributed by atoms with E-state index in [9.17, 15) is 28.8 Å². The van der Waals surface area contributed by atoms with E-state index < -0.39 is 44.8 Å². The second kappa shape index (κ2) is 43.9. The molecule has 5 aromatic rings. The Morgan fingerprint density at radius 2 is 0.724 bits per heavy atom. The molecule has 0 saturated carbocycles. The average Bonchev–Trinajstić information content (AvgIpc) is 0.790. The maximum absolute atomic E-state index is 13.2. The smallest absolute Gasteiger partial charge is 0.253 e. The second-order valence-electron chi connectivity index (χ2n) is 21.9. The van der Waals surface area contributed by atoms with Crippen molar-refractivity contribution in [1.29, 1.82) is 0 Å². The van der Waals surface area contributed by atoms with Gasteiger partial charge in [-0.2, -0.15) is 0 Å². The molecule has 31 heteroatoms. The van der Waals surface area contributed by atoms with Gasteiger partial charge in [-0.25, -0.2) is 0 Å². The highest BCUT2D eigenvalue weighted by Crippen LogP contribution is 2.34. The molecule has 0 aromatic heterocycles. The van der Waals surface area contributed by atoms with Crippen LogP contribution in [-0.4, -0.2) is 255 Å². The van der Waals surface area contributed by atoms with E-state index in [1.54, 1.807) is 55.7 Å². The Morgan fingerprint density at radius 3 is 1.10 bits per heavy atom. The first-order chi connectivity index (χ1) is 48.1. The summed E-state index contributed by atoms with van der Waals surface area (Å²) in [6.45, 7) is 13.4. The number of nitrogens with one attached hydrogen (secondary N) is 6. The molecule has 0 spiro atoms. The second-order valence-corrected chi connectivity index (χ2v) is 21.9. The molecule has 2 unspecified atom stereocenters. The minimum Gasteiger partial charge on any atom is -0.487 e. The molecule has 2 aliphatic heterocycles. The monoisotopic (exact) mass is 1380 g/mol. The lowest BCUT2D eigenvalue weighted by Gasteiger charge is -2.27. The SMILES string of the molecule is CCOC1C=CC(Nc2c(NCCN(CCNc3c(Nc4ccc5c(c4)OCCOCCOCCOCCOCCO5)c(=O)c3=O)CCNc3c(Nc4ccc5c(c4)OCCOCCOCCOCCOCCO5)c(=O)c3=O)c(=O)c2=O)=CC1OCCOCCOCCOCCOC. The first-order valence-corrected chi connectivity index (χ1v) is 33.1. The lowest BCUT2D eigenvalue weighted by molar-refractivity contribution is -0.0504. The number of fused-ring (bicyclic) bond motifs is 2. The largest absolute Gasteiger partial charge is 0.487 e. The van der Waals surface area contributed by atoms with Crippen LogP contribution in [0.5, 0.6) is 23.0 Å². The van der Waals surface area contributed by atoms with Crippen LogP contribution in [0.25, 0.3) is 0 Å². The zero-order chi connectivity index (χ0) is 68.8. The fraction of sp³-hybridized carbons (Fsp3) is 0.582. The van der Waals surface area contributed by atoms with E-state index in [0.29, 0.717) is 179 Å². The number of benzene rings is 2. The molecule has 2 atom stereocenters. The highest BCUT2D eigenvalue weighted by atomic mass is 16.6. The standard InChI is InChI=1S/C67H93N7O24/c1-3-93-50-7-4-47(44-53(50)96-41-36-90-31-26-83-19-18-82-17-16-81-2)71-59-56(62(75)65(59)78)68-10-13-74(14-11-69-57-60(66(79)63(57)76)72-48-5-8-51-54(45-48)97-42-37-91-32-27-86-22-20-84-24-29-88-34-39-94-51)15-12-70-58-61(67(80)64(58)77)73-49-6-9-52-55(46-49)98-43-38-92-33-28-87-23-21-85-25-30-89-35-40-95-52/h4-9,44-46,50,53,68-73H,3,10-43H2,1-2H3. The minimum atomic E-state index is -0.728. The van der Waals surface area contributed by atoms with E-state index in [1.165, 1.54) is 0 Å². The van der Waals surface area contributed by atoms with Crippen molar-refractivity contribution in [3.63, 3.8) is 0 Å². The van der Waals surface area contributed by atoms with Crippen molar-refractivity contribution < 1.29 is 85.3 Å². The number of rotatable bonds is 33. The molecule has 31 nitrogen and oxygen atoms in total. The summed E-state index contributed by atoms with van der Waals surface area (Å²) in [7, 11) is 1.61.